The Bertz CT molecular complexity index is 363. The van der Waals surface area contributed by atoms with E-state index >= 15 is 0 Å². The molecule has 1 rings (SSSR count). The van der Waals surface area contributed by atoms with Gasteiger partial charge in [-0.2, -0.15) is 5.10 Å². The number of hydrogen-bond donors (Lipinski definition) is 1. The number of rotatable bonds is 5. The van der Waals surface area contributed by atoms with Crippen LogP contribution < -0.4 is 10.3 Å². The van der Waals surface area contributed by atoms with Crippen LogP contribution >= 0.6 is 15.9 Å². The molecule has 0 aliphatic rings. The van der Waals surface area contributed by atoms with Crippen LogP contribution in [0.1, 0.15) is 6.92 Å². The third-order valence-electron chi connectivity index (χ3n) is 1.83. The molecule has 0 saturated carbocycles. The van der Waals surface area contributed by atoms with E-state index in [1.807, 2.05) is 31.2 Å². The van der Waals surface area contributed by atoms with E-state index in [-0.39, 0.29) is 0 Å². The highest BCUT2D eigenvalue weighted by Gasteiger charge is 2.07. The third-order valence-corrected chi connectivity index (χ3v) is 2.32. The number of hydrogen-bond acceptors (Lipinski definition) is 3. The van der Waals surface area contributed by atoms with Gasteiger partial charge in [0.2, 0.25) is 0 Å². The van der Waals surface area contributed by atoms with Gasteiger partial charge in [0.1, 0.15) is 5.82 Å². The van der Waals surface area contributed by atoms with Crippen LogP contribution in [0.25, 0.3) is 0 Å². The average Bonchev–Trinajstić information content (AvgIpc) is 2.19. The van der Waals surface area contributed by atoms with E-state index < -0.39 is 0 Å². The van der Waals surface area contributed by atoms with Crippen molar-refractivity contribution in [3.8, 4) is 0 Å². The lowest BCUT2D eigenvalue weighted by molar-refractivity contribution is 0.793. The van der Waals surface area contributed by atoms with Crippen LogP contribution in [-0.2, 0) is 0 Å². The highest BCUT2D eigenvalue weighted by atomic mass is 79.9. The van der Waals surface area contributed by atoms with Crippen LogP contribution in [0.15, 0.2) is 46.2 Å². The second kappa shape index (κ2) is 5.56. The van der Waals surface area contributed by atoms with E-state index in [2.05, 4.69) is 39.6 Å². The van der Waals surface area contributed by atoms with Crippen molar-refractivity contribution < 1.29 is 0 Å². The summed E-state index contributed by atoms with van der Waals surface area (Å²) in [6, 6.07) is 7.80. The van der Waals surface area contributed by atoms with Gasteiger partial charge in [0.05, 0.1) is 5.69 Å². The molecule has 3 nitrogen and oxygen atoms in total. The summed E-state index contributed by atoms with van der Waals surface area (Å²) in [7, 11) is 0. The topological polar surface area (TPSA) is 27.6 Å². The predicted octanol–water partition coefficient (Wildman–Crippen LogP) is 2.95. The van der Waals surface area contributed by atoms with E-state index in [1.54, 1.807) is 5.01 Å². The van der Waals surface area contributed by atoms with Gasteiger partial charge >= 0.3 is 0 Å². The van der Waals surface area contributed by atoms with Crippen molar-refractivity contribution in [2.24, 2.45) is 5.10 Å². The maximum atomic E-state index is 3.92. The van der Waals surface area contributed by atoms with Crippen molar-refractivity contribution in [2.45, 2.75) is 6.92 Å². The summed E-state index contributed by atoms with van der Waals surface area (Å²) in [5, 5.41) is 8.68. The Hall–Kier alpha value is -1.29. The fourth-order valence-corrected chi connectivity index (χ4v) is 1.60. The molecule has 0 atom stereocenters. The summed E-state index contributed by atoms with van der Waals surface area (Å²) in [6.07, 6.45) is 0. The molecule has 0 unspecified atom stereocenters. The molecule has 0 heterocycles. The SMILES string of the molecule is C=NN(C(=C)NCC)c1cccc(Br)c1. The minimum Gasteiger partial charge on any atom is -0.371 e. The van der Waals surface area contributed by atoms with Crippen LogP contribution in [0, 0.1) is 0 Å². The van der Waals surface area contributed by atoms with Crippen molar-refractivity contribution in [1.29, 1.82) is 0 Å². The lowest BCUT2D eigenvalue weighted by atomic mass is 10.3. The quantitative estimate of drug-likeness (QED) is 0.656. The molecule has 80 valence electrons. The van der Waals surface area contributed by atoms with E-state index in [0.717, 1.165) is 16.7 Å². The Morgan fingerprint density at radius 1 is 1.60 bits per heavy atom. The maximum absolute atomic E-state index is 3.92. The van der Waals surface area contributed by atoms with E-state index in [1.165, 1.54) is 0 Å². The van der Waals surface area contributed by atoms with Crippen molar-refractivity contribution in [3.05, 3.63) is 41.1 Å². The van der Waals surface area contributed by atoms with Crippen molar-refractivity contribution in [1.82, 2.24) is 5.32 Å². The van der Waals surface area contributed by atoms with Gasteiger partial charge in [0.25, 0.3) is 0 Å². The summed E-state index contributed by atoms with van der Waals surface area (Å²) in [4.78, 5) is 0. The van der Waals surface area contributed by atoms with Crippen LogP contribution in [0.4, 0.5) is 5.69 Å². The highest BCUT2D eigenvalue weighted by molar-refractivity contribution is 9.10. The molecule has 0 amide bonds. The molecule has 1 aromatic rings. The van der Waals surface area contributed by atoms with E-state index in [9.17, 15) is 0 Å². The normalized spacial score (nSPS) is 9.47. The Morgan fingerprint density at radius 3 is 2.87 bits per heavy atom. The molecule has 0 spiro atoms. The molecule has 0 aromatic heterocycles. The number of halogens is 1. The van der Waals surface area contributed by atoms with Crippen LogP contribution in [0.2, 0.25) is 0 Å². The lowest BCUT2D eigenvalue weighted by Crippen LogP contribution is -2.26. The van der Waals surface area contributed by atoms with Crippen molar-refractivity contribution in [2.75, 3.05) is 11.6 Å². The van der Waals surface area contributed by atoms with Crippen LogP contribution in [-0.4, -0.2) is 13.3 Å². The minimum absolute atomic E-state index is 0.714. The second-order valence-electron chi connectivity index (χ2n) is 2.91. The second-order valence-corrected chi connectivity index (χ2v) is 3.83. The Morgan fingerprint density at radius 2 is 2.33 bits per heavy atom. The van der Waals surface area contributed by atoms with Gasteiger partial charge in [-0.3, -0.25) is 0 Å². The summed E-state index contributed by atoms with van der Waals surface area (Å²) in [5.74, 6) is 0.714. The fraction of sp³-hybridized carbons (Fsp3) is 0.182. The molecule has 0 aliphatic carbocycles. The lowest BCUT2D eigenvalue weighted by Gasteiger charge is -2.21. The molecule has 0 fully saturated rings. The molecule has 0 bridgehead atoms. The first-order chi connectivity index (χ1) is 7.19. The average molecular weight is 268 g/mol. The van der Waals surface area contributed by atoms with Crippen LogP contribution in [0.3, 0.4) is 0 Å². The van der Waals surface area contributed by atoms with Crippen molar-refractivity contribution in [3.63, 3.8) is 0 Å². The van der Waals surface area contributed by atoms with Gasteiger partial charge in [-0.15, -0.1) is 0 Å². The smallest absolute Gasteiger partial charge is 0.120 e. The monoisotopic (exact) mass is 267 g/mol. The summed E-state index contributed by atoms with van der Waals surface area (Å²) in [6.45, 7) is 10.2. The zero-order chi connectivity index (χ0) is 11.3. The first-order valence-electron chi connectivity index (χ1n) is 4.64. The molecule has 1 aromatic carbocycles. The first kappa shape index (κ1) is 11.8. The van der Waals surface area contributed by atoms with Gasteiger partial charge in [-0.25, -0.2) is 5.01 Å². The number of hydrazone groups is 1. The van der Waals surface area contributed by atoms with Gasteiger partial charge in [-0.05, 0) is 25.1 Å². The molecule has 0 saturated heterocycles. The standard InChI is InChI=1S/C11H14BrN3/c1-4-14-9(2)15(13-3)11-7-5-6-10(12)8-11/h5-8,14H,2-4H2,1H3. The summed E-state index contributed by atoms with van der Waals surface area (Å²) >= 11 is 3.41. The molecule has 4 heteroatoms. The maximum Gasteiger partial charge on any atom is 0.120 e. The Kier molecular flexibility index (Phi) is 4.37. The number of nitrogens with zero attached hydrogens (tertiary/aromatic N) is 2. The molecule has 0 radical (unpaired) electrons. The van der Waals surface area contributed by atoms with Gasteiger partial charge in [0, 0.05) is 17.7 Å². The number of nitrogens with one attached hydrogen (secondary N) is 1. The highest BCUT2D eigenvalue weighted by Crippen LogP contribution is 2.21. The Balaban J connectivity index is 2.92. The van der Waals surface area contributed by atoms with E-state index in [0.29, 0.717) is 5.82 Å². The fourth-order valence-electron chi connectivity index (χ4n) is 1.21. The van der Waals surface area contributed by atoms with Crippen LogP contribution in [0.5, 0.6) is 0 Å². The number of benzene rings is 1. The summed E-state index contributed by atoms with van der Waals surface area (Å²) in [5.41, 5.74) is 0.922. The molecule has 1 N–H and O–H groups in total. The zero-order valence-electron chi connectivity index (χ0n) is 8.70. The van der Waals surface area contributed by atoms with E-state index in [4.69, 9.17) is 0 Å². The third kappa shape index (κ3) is 3.09. The van der Waals surface area contributed by atoms with Gasteiger partial charge in [0.15, 0.2) is 0 Å². The van der Waals surface area contributed by atoms with Crippen molar-refractivity contribution >= 4 is 28.3 Å². The number of anilines is 1. The predicted molar refractivity (Wildman–Crippen MR) is 69.0 cm³/mol. The largest absolute Gasteiger partial charge is 0.371 e. The molecule has 15 heavy (non-hydrogen) atoms. The Labute approximate surface area is 98.6 Å². The minimum atomic E-state index is 0.714. The van der Waals surface area contributed by atoms with Gasteiger partial charge in [-0.1, -0.05) is 28.6 Å². The first-order valence-corrected chi connectivity index (χ1v) is 5.43. The summed E-state index contributed by atoms with van der Waals surface area (Å²) < 4.78 is 0.998. The molecular weight excluding hydrogens is 254 g/mol. The molecule has 0 aliphatic heterocycles. The van der Waals surface area contributed by atoms with Gasteiger partial charge < -0.3 is 5.32 Å². The zero-order valence-corrected chi connectivity index (χ0v) is 10.3. The molecular formula is C11H14BrN3.